The predicted molar refractivity (Wildman–Crippen MR) is 78.1 cm³/mol. The van der Waals surface area contributed by atoms with E-state index in [4.69, 9.17) is 23.2 Å². The zero-order valence-electron chi connectivity index (χ0n) is 9.55. The summed E-state index contributed by atoms with van der Waals surface area (Å²) in [6.07, 6.45) is 0. The first-order chi connectivity index (χ1) is 8.60. The van der Waals surface area contributed by atoms with Gasteiger partial charge in [-0.3, -0.25) is 4.21 Å². The molecule has 0 aliphatic rings. The van der Waals surface area contributed by atoms with Gasteiger partial charge >= 0.3 is 0 Å². The number of hydrogen-bond donors (Lipinski definition) is 0. The van der Waals surface area contributed by atoms with E-state index >= 15 is 0 Å². The van der Waals surface area contributed by atoms with Crippen LogP contribution in [0.15, 0.2) is 60.7 Å². The Bertz CT molecular complexity index is 526. The molecule has 94 valence electrons. The summed E-state index contributed by atoms with van der Waals surface area (Å²) < 4.78 is 10.9. The van der Waals surface area contributed by atoms with Crippen LogP contribution in [0.3, 0.4) is 0 Å². The first-order valence-corrected chi connectivity index (χ1v) is 7.54. The van der Waals surface area contributed by atoms with Gasteiger partial charge in [0.15, 0.2) is 0 Å². The van der Waals surface area contributed by atoms with Gasteiger partial charge in [0.2, 0.25) is 3.67 Å². The summed E-state index contributed by atoms with van der Waals surface area (Å²) in [7, 11) is -1.40. The lowest BCUT2D eigenvalue weighted by atomic mass is 10.2. The van der Waals surface area contributed by atoms with Crippen LogP contribution in [-0.4, -0.2) is 4.21 Å². The van der Waals surface area contributed by atoms with Crippen LogP contribution in [0.5, 0.6) is 0 Å². The maximum absolute atomic E-state index is 12.3. The van der Waals surface area contributed by atoms with Crippen molar-refractivity contribution >= 4 is 34.0 Å². The summed E-state index contributed by atoms with van der Waals surface area (Å²) in [5, 5.41) is 0. The van der Waals surface area contributed by atoms with Crippen LogP contribution in [0, 0.1) is 0 Å². The highest BCUT2D eigenvalue weighted by molar-refractivity contribution is 7.88. The van der Waals surface area contributed by atoms with Gasteiger partial charge in [-0.2, -0.15) is 0 Å². The first kappa shape index (κ1) is 13.6. The Morgan fingerprint density at radius 1 is 0.889 bits per heavy atom. The molecule has 0 saturated carbocycles. The molecule has 0 saturated heterocycles. The molecule has 0 bridgehead atoms. The van der Waals surface area contributed by atoms with E-state index in [0.717, 1.165) is 5.56 Å². The Morgan fingerprint density at radius 3 is 1.94 bits per heavy atom. The lowest BCUT2D eigenvalue weighted by Crippen LogP contribution is -2.19. The van der Waals surface area contributed by atoms with Crippen LogP contribution in [0.4, 0.5) is 0 Å². The molecule has 0 aromatic heterocycles. The molecule has 2 aromatic rings. The third-order valence-corrected chi connectivity index (χ3v) is 5.41. The van der Waals surface area contributed by atoms with Gasteiger partial charge in [-0.15, -0.1) is 0 Å². The quantitative estimate of drug-likeness (QED) is 0.772. The van der Waals surface area contributed by atoms with Crippen LogP contribution in [0.2, 0.25) is 0 Å². The second-order valence-electron chi connectivity index (χ2n) is 3.86. The Kier molecular flexibility index (Phi) is 4.44. The summed E-state index contributed by atoms with van der Waals surface area (Å²) in [4.78, 5) is 0. The number of rotatable bonds is 4. The van der Waals surface area contributed by atoms with E-state index in [1.807, 2.05) is 48.5 Å². The highest BCUT2D eigenvalue weighted by Crippen LogP contribution is 2.38. The van der Waals surface area contributed by atoms with E-state index in [2.05, 4.69) is 0 Å². The van der Waals surface area contributed by atoms with Gasteiger partial charge in [-0.1, -0.05) is 83.9 Å². The molecule has 1 atom stereocenters. The molecule has 0 N–H and O–H groups in total. The topological polar surface area (TPSA) is 17.1 Å². The molecule has 0 aliphatic heterocycles. The van der Waals surface area contributed by atoms with E-state index in [1.54, 1.807) is 12.1 Å². The van der Waals surface area contributed by atoms with Crippen molar-refractivity contribution in [1.29, 1.82) is 0 Å². The molecule has 0 fully saturated rings. The van der Waals surface area contributed by atoms with Crippen LogP contribution in [0.1, 0.15) is 11.1 Å². The second kappa shape index (κ2) is 5.87. The third kappa shape index (κ3) is 3.14. The van der Waals surface area contributed by atoms with Gasteiger partial charge in [-0.05, 0) is 5.56 Å². The Morgan fingerprint density at radius 2 is 1.39 bits per heavy atom. The standard InChI is InChI=1S/C14H12Cl2OS/c15-14(16,13-9-5-2-6-10-13)18(17)11-12-7-3-1-4-8-12/h1-10H,11H2. The molecule has 0 aliphatic carbocycles. The van der Waals surface area contributed by atoms with Crippen molar-refractivity contribution in [3.63, 3.8) is 0 Å². The van der Waals surface area contributed by atoms with E-state index in [-0.39, 0.29) is 0 Å². The summed E-state index contributed by atoms with van der Waals surface area (Å²) in [6, 6.07) is 18.6. The summed E-state index contributed by atoms with van der Waals surface area (Å²) in [5.41, 5.74) is 1.61. The number of benzene rings is 2. The predicted octanol–water partition coefficient (Wildman–Crippen LogP) is 4.22. The molecular weight excluding hydrogens is 287 g/mol. The first-order valence-electron chi connectivity index (χ1n) is 5.46. The minimum atomic E-state index is -1.40. The van der Waals surface area contributed by atoms with Crippen molar-refractivity contribution in [2.24, 2.45) is 0 Å². The maximum atomic E-state index is 12.3. The van der Waals surface area contributed by atoms with E-state index < -0.39 is 14.5 Å². The zero-order chi connectivity index (χ0) is 13.0. The molecule has 2 aromatic carbocycles. The average molecular weight is 299 g/mol. The molecule has 1 nitrogen and oxygen atoms in total. The lowest BCUT2D eigenvalue weighted by molar-refractivity contribution is 0.678. The Hall–Kier alpha value is -0.830. The van der Waals surface area contributed by atoms with Gasteiger partial charge in [0, 0.05) is 5.56 Å². The number of hydrogen-bond acceptors (Lipinski definition) is 1. The van der Waals surface area contributed by atoms with Crippen molar-refractivity contribution < 1.29 is 4.21 Å². The van der Waals surface area contributed by atoms with Gasteiger partial charge in [0.25, 0.3) is 0 Å². The van der Waals surface area contributed by atoms with Crippen LogP contribution < -0.4 is 0 Å². The van der Waals surface area contributed by atoms with Crippen molar-refractivity contribution in [1.82, 2.24) is 0 Å². The normalized spacial score (nSPS) is 13.2. The van der Waals surface area contributed by atoms with E-state index in [9.17, 15) is 4.21 Å². The summed E-state index contributed by atoms with van der Waals surface area (Å²) in [6.45, 7) is 0. The molecule has 4 heteroatoms. The fourth-order valence-corrected chi connectivity index (χ4v) is 3.23. The van der Waals surface area contributed by atoms with Gasteiger partial charge in [0.1, 0.15) is 0 Å². The monoisotopic (exact) mass is 298 g/mol. The number of alkyl halides is 2. The lowest BCUT2D eigenvalue weighted by Gasteiger charge is -2.19. The van der Waals surface area contributed by atoms with Crippen molar-refractivity contribution in [2.75, 3.05) is 0 Å². The number of halogens is 2. The van der Waals surface area contributed by atoms with Crippen molar-refractivity contribution in [3.8, 4) is 0 Å². The van der Waals surface area contributed by atoms with Gasteiger partial charge < -0.3 is 0 Å². The van der Waals surface area contributed by atoms with Crippen molar-refractivity contribution in [3.05, 3.63) is 71.8 Å². The van der Waals surface area contributed by atoms with Gasteiger partial charge in [-0.25, -0.2) is 0 Å². The molecular formula is C14H12Cl2OS. The van der Waals surface area contributed by atoms with Crippen LogP contribution >= 0.6 is 23.2 Å². The molecule has 0 amide bonds. The minimum absolute atomic E-state index is 0.336. The van der Waals surface area contributed by atoms with Gasteiger partial charge in [0.05, 0.1) is 16.6 Å². The molecule has 0 heterocycles. The second-order valence-corrected chi connectivity index (χ2v) is 7.23. The SMILES string of the molecule is O=S(Cc1ccccc1)C(Cl)(Cl)c1ccccc1. The molecule has 0 spiro atoms. The molecule has 2 rings (SSSR count). The van der Waals surface area contributed by atoms with Crippen LogP contribution in [0.25, 0.3) is 0 Å². The fraction of sp³-hybridized carbons (Fsp3) is 0.143. The van der Waals surface area contributed by atoms with Crippen molar-refractivity contribution in [2.45, 2.75) is 9.42 Å². The molecule has 18 heavy (non-hydrogen) atoms. The smallest absolute Gasteiger partial charge is 0.217 e. The van der Waals surface area contributed by atoms with E-state index in [1.165, 1.54) is 0 Å². The molecule has 1 unspecified atom stereocenters. The maximum Gasteiger partial charge on any atom is 0.217 e. The highest BCUT2D eigenvalue weighted by Gasteiger charge is 2.33. The Labute approximate surface area is 119 Å². The zero-order valence-corrected chi connectivity index (χ0v) is 11.9. The van der Waals surface area contributed by atoms with E-state index in [0.29, 0.717) is 11.3 Å². The third-order valence-electron chi connectivity index (χ3n) is 2.54. The fourth-order valence-electron chi connectivity index (χ4n) is 1.58. The largest absolute Gasteiger partial charge is 0.256 e. The minimum Gasteiger partial charge on any atom is -0.256 e. The highest BCUT2D eigenvalue weighted by atomic mass is 35.5. The summed E-state index contributed by atoms with van der Waals surface area (Å²) >= 11 is 12.5. The average Bonchev–Trinajstić information content (AvgIpc) is 2.41. The Balaban J connectivity index is 2.18. The van der Waals surface area contributed by atoms with Crippen LogP contribution in [-0.2, 0) is 20.2 Å². The molecule has 0 radical (unpaired) electrons. The summed E-state index contributed by atoms with van der Waals surface area (Å²) in [5.74, 6) is 0.336.